The van der Waals surface area contributed by atoms with Crippen molar-refractivity contribution >= 4 is 11.3 Å². The Labute approximate surface area is 146 Å². The summed E-state index contributed by atoms with van der Waals surface area (Å²) >= 11 is 1.78. The van der Waals surface area contributed by atoms with E-state index in [-0.39, 0.29) is 0 Å². The molecule has 1 aromatic carbocycles. The van der Waals surface area contributed by atoms with Gasteiger partial charge in [0, 0.05) is 30.9 Å². The third-order valence-electron chi connectivity index (χ3n) is 4.71. The second-order valence-electron chi connectivity index (χ2n) is 6.35. The number of hydrogen-bond donors (Lipinski definition) is 0. The quantitative estimate of drug-likeness (QED) is 0.702. The molecule has 0 unspecified atom stereocenters. The summed E-state index contributed by atoms with van der Waals surface area (Å²) in [6.45, 7) is 2.96. The van der Waals surface area contributed by atoms with E-state index in [1.807, 2.05) is 18.7 Å². The van der Waals surface area contributed by atoms with E-state index in [0.29, 0.717) is 6.04 Å². The summed E-state index contributed by atoms with van der Waals surface area (Å²) in [4.78, 5) is 11.5. The largest absolute Gasteiger partial charge is 0.329 e. The molecule has 4 nitrogen and oxygen atoms in total. The van der Waals surface area contributed by atoms with E-state index in [1.54, 1.807) is 11.3 Å². The molecule has 24 heavy (non-hydrogen) atoms. The summed E-state index contributed by atoms with van der Waals surface area (Å²) in [6, 6.07) is 11.0. The van der Waals surface area contributed by atoms with E-state index in [2.05, 4.69) is 55.1 Å². The molecule has 0 amide bonds. The molecule has 0 aliphatic carbocycles. The molecule has 3 aromatic rings. The van der Waals surface area contributed by atoms with Crippen LogP contribution in [0.5, 0.6) is 0 Å². The lowest BCUT2D eigenvalue weighted by molar-refractivity contribution is 0.137. The monoisotopic (exact) mass is 338 g/mol. The van der Waals surface area contributed by atoms with Crippen LogP contribution in [0, 0.1) is 0 Å². The Bertz CT molecular complexity index is 751. The van der Waals surface area contributed by atoms with Crippen LogP contribution in [0.15, 0.2) is 54.4 Å². The van der Waals surface area contributed by atoms with Crippen molar-refractivity contribution < 1.29 is 0 Å². The van der Waals surface area contributed by atoms with Crippen LogP contribution in [0.3, 0.4) is 0 Å². The van der Waals surface area contributed by atoms with E-state index >= 15 is 0 Å². The van der Waals surface area contributed by atoms with Crippen LogP contribution < -0.4 is 0 Å². The summed E-state index contributed by atoms with van der Waals surface area (Å²) in [5, 5.41) is 3.34. The summed E-state index contributed by atoms with van der Waals surface area (Å²) < 4.78 is 2.27. The van der Waals surface area contributed by atoms with Crippen LogP contribution in [0.1, 0.15) is 41.6 Å². The highest BCUT2D eigenvalue weighted by molar-refractivity contribution is 7.09. The normalized spacial score (nSPS) is 18.8. The van der Waals surface area contributed by atoms with Gasteiger partial charge in [-0.3, -0.25) is 4.90 Å². The van der Waals surface area contributed by atoms with E-state index in [9.17, 15) is 0 Å². The molecule has 1 aliphatic heterocycles. The highest BCUT2D eigenvalue weighted by Crippen LogP contribution is 2.33. The van der Waals surface area contributed by atoms with Crippen LogP contribution in [-0.2, 0) is 13.1 Å². The van der Waals surface area contributed by atoms with Gasteiger partial charge in [0.05, 0.1) is 18.1 Å². The first kappa shape index (κ1) is 15.5. The molecule has 4 rings (SSSR count). The number of nitrogens with zero attached hydrogens (tertiary/aromatic N) is 4. The lowest BCUT2D eigenvalue weighted by Crippen LogP contribution is -2.33. The number of thiazole rings is 1. The zero-order chi connectivity index (χ0) is 16.2. The molecule has 0 bridgehead atoms. The molecule has 5 heteroatoms. The third kappa shape index (κ3) is 3.42. The SMILES string of the molecule is c1ccc(Cn2cncc2CN2CCCC[C@H]2c2nccs2)cc1. The number of hydrogen-bond acceptors (Lipinski definition) is 4. The fraction of sp³-hybridized carbons (Fsp3) is 0.368. The highest BCUT2D eigenvalue weighted by atomic mass is 32.1. The first-order valence-corrected chi connectivity index (χ1v) is 9.44. The lowest BCUT2D eigenvalue weighted by atomic mass is 10.0. The van der Waals surface area contributed by atoms with Gasteiger partial charge in [-0.2, -0.15) is 0 Å². The molecular weight excluding hydrogens is 316 g/mol. The van der Waals surface area contributed by atoms with Crippen molar-refractivity contribution in [3.63, 3.8) is 0 Å². The van der Waals surface area contributed by atoms with Crippen molar-refractivity contribution in [1.82, 2.24) is 19.4 Å². The van der Waals surface area contributed by atoms with Gasteiger partial charge in [-0.05, 0) is 24.9 Å². The number of piperidine rings is 1. The van der Waals surface area contributed by atoms with Crippen molar-refractivity contribution in [2.75, 3.05) is 6.54 Å². The summed E-state index contributed by atoms with van der Waals surface area (Å²) in [7, 11) is 0. The van der Waals surface area contributed by atoms with Crippen LogP contribution in [0.4, 0.5) is 0 Å². The maximum Gasteiger partial charge on any atom is 0.110 e. The molecule has 2 aromatic heterocycles. The van der Waals surface area contributed by atoms with Gasteiger partial charge in [0.1, 0.15) is 5.01 Å². The Morgan fingerprint density at radius 1 is 1.12 bits per heavy atom. The summed E-state index contributed by atoms with van der Waals surface area (Å²) in [5.74, 6) is 0. The minimum absolute atomic E-state index is 0.457. The minimum atomic E-state index is 0.457. The van der Waals surface area contributed by atoms with E-state index in [4.69, 9.17) is 0 Å². The van der Waals surface area contributed by atoms with Crippen LogP contribution in [0.25, 0.3) is 0 Å². The maximum atomic E-state index is 4.56. The predicted molar refractivity (Wildman–Crippen MR) is 96.9 cm³/mol. The average Bonchev–Trinajstić information content (AvgIpc) is 3.29. The number of rotatable bonds is 5. The molecule has 0 spiro atoms. The van der Waals surface area contributed by atoms with Crippen molar-refractivity contribution in [1.29, 1.82) is 0 Å². The highest BCUT2D eigenvalue weighted by Gasteiger charge is 2.26. The van der Waals surface area contributed by atoms with Crippen LogP contribution in [-0.4, -0.2) is 26.0 Å². The van der Waals surface area contributed by atoms with E-state index in [1.165, 1.54) is 35.5 Å². The molecule has 1 aliphatic rings. The van der Waals surface area contributed by atoms with Crippen molar-refractivity contribution in [3.8, 4) is 0 Å². The number of benzene rings is 1. The van der Waals surface area contributed by atoms with Gasteiger partial charge in [-0.25, -0.2) is 9.97 Å². The maximum absolute atomic E-state index is 4.56. The predicted octanol–water partition coefficient (Wildman–Crippen LogP) is 4.12. The van der Waals surface area contributed by atoms with E-state index in [0.717, 1.165) is 19.6 Å². The Balaban J connectivity index is 1.51. The number of likely N-dealkylation sites (tertiary alicyclic amines) is 1. The van der Waals surface area contributed by atoms with Gasteiger partial charge >= 0.3 is 0 Å². The Hall–Kier alpha value is -1.98. The van der Waals surface area contributed by atoms with Crippen LogP contribution in [0.2, 0.25) is 0 Å². The summed E-state index contributed by atoms with van der Waals surface area (Å²) in [6.07, 6.45) is 9.66. The Kier molecular flexibility index (Phi) is 4.71. The third-order valence-corrected chi connectivity index (χ3v) is 5.59. The second kappa shape index (κ2) is 7.28. The van der Waals surface area contributed by atoms with Crippen LogP contribution >= 0.6 is 11.3 Å². The molecule has 0 radical (unpaired) electrons. The molecule has 1 fully saturated rings. The van der Waals surface area contributed by atoms with Gasteiger partial charge in [0.25, 0.3) is 0 Å². The van der Waals surface area contributed by atoms with Gasteiger partial charge in [0.15, 0.2) is 0 Å². The number of aromatic nitrogens is 3. The number of imidazole rings is 1. The molecule has 124 valence electrons. The fourth-order valence-electron chi connectivity index (χ4n) is 3.47. The Morgan fingerprint density at radius 3 is 2.88 bits per heavy atom. The zero-order valence-corrected chi connectivity index (χ0v) is 14.5. The molecule has 1 saturated heterocycles. The lowest BCUT2D eigenvalue weighted by Gasteiger charge is -2.34. The molecule has 0 N–H and O–H groups in total. The van der Waals surface area contributed by atoms with Gasteiger partial charge in [0.2, 0.25) is 0 Å². The second-order valence-corrected chi connectivity index (χ2v) is 7.28. The van der Waals surface area contributed by atoms with Gasteiger partial charge in [-0.15, -0.1) is 11.3 Å². The van der Waals surface area contributed by atoms with Crippen molar-refractivity contribution in [2.24, 2.45) is 0 Å². The smallest absolute Gasteiger partial charge is 0.110 e. The van der Waals surface area contributed by atoms with Gasteiger partial charge < -0.3 is 4.57 Å². The topological polar surface area (TPSA) is 34.0 Å². The molecule has 0 saturated carbocycles. The Morgan fingerprint density at radius 2 is 2.04 bits per heavy atom. The zero-order valence-electron chi connectivity index (χ0n) is 13.7. The first-order chi connectivity index (χ1) is 11.9. The summed E-state index contributed by atoms with van der Waals surface area (Å²) in [5.41, 5.74) is 2.59. The van der Waals surface area contributed by atoms with Gasteiger partial charge in [-0.1, -0.05) is 36.8 Å². The molecular formula is C19H22N4S. The molecule has 3 heterocycles. The molecule has 1 atom stereocenters. The van der Waals surface area contributed by atoms with Crippen molar-refractivity contribution in [2.45, 2.75) is 38.4 Å². The standard InChI is InChI=1S/C19H22N4S/c1-2-6-16(7-3-1)13-23-15-20-12-17(23)14-22-10-5-4-8-18(22)19-21-9-11-24-19/h1-3,6-7,9,11-12,15,18H,4-5,8,10,13-14H2/t18-/m0/s1. The van der Waals surface area contributed by atoms with E-state index < -0.39 is 0 Å². The first-order valence-electron chi connectivity index (χ1n) is 8.56. The fourth-order valence-corrected chi connectivity index (χ4v) is 4.28. The average molecular weight is 338 g/mol. The van der Waals surface area contributed by atoms with Crippen molar-refractivity contribution in [3.05, 3.63) is 70.7 Å². The minimum Gasteiger partial charge on any atom is -0.329 e.